The van der Waals surface area contributed by atoms with Gasteiger partial charge in [0.25, 0.3) is 0 Å². The summed E-state index contributed by atoms with van der Waals surface area (Å²) in [5.74, 6) is -0.692. The zero-order chi connectivity index (χ0) is 14.3. The van der Waals surface area contributed by atoms with E-state index >= 15 is 0 Å². The number of rotatable bonds is 3. The summed E-state index contributed by atoms with van der Waals surface area (Å²) in [4.78, 5) is 12.0. The third-order valence-corrected chi connectivity index (χ3v) is 5.73. The van der Waals surface area contributed by atoms with E-state index < -0.39 is 12.6 Å². The number of ether oxygens (including phenoxy) is 1. The summed E-state index contributed by atoms with van der Waals surface area (Å²) in [5, 5.41) is 10.5. The maximum Gasteiger partial charge on any atom is 0.341 e. The standard InChI is InChI=1S/C14H12Cl2O3S/c15-12-9(19-6-11(17)18)5-8-7-3-1-2-4-10(7)20-14(8)13(12)16/h5H,1-4,6H2,(H,17,18). The van der Waals surface area contributed by atoms with Crippen molar-refractivity contribution in [1.82, 2.24) is 0 Å². The first-order chi connectivity index (χ1) is 9.58. The first-order valence-electron chi connectivity index (χ1n) is 6.34. The summed E-state index contributed by atoms with van der Waals surface area (Å²) in [5.41, 5.74) is 1.31. The fourth-order valence-electron chi connectivity index (χ4n) is 2.55. The number of benzene rings is 1. The third-order valence-electron chi connectivity index (χ3n) is 3.45. The van der Waals surface area contributed by atoms with Crippen molar-refractivity contribution in [3.63, 3.8) is 0 Å². The molecule has 6 heteroatoms. The van der Waals surface area contributed by atoms with Crippen LogP contribution in [0.2, 0.25) is 10.0 Å². The quantitative estimate of drug-likeness (QED) is 0.897. The van der Waals surface area contributed by atoms with E-state index in [1.165, 1.54) is 23.3 Å². The molecular weight excluding hydrogens is 319 g/mol. The van der Waals surface area contributed by atoms with Crippen LogP contribution in [0.4, 0.5) is 0 Å². The van der Waals surface area contributed by atoms with Gasteiger partial charge in [-0.05, 0) is 37.3 Å². The molecule has 1 aliphatic carbocycles. The number of hydrogen-bond acceptors (Lipinski definition) is 3. The lowest BCUT2D eigenvalue weighted by atomic mass is 9.96. The van der Waals surface area contributed by atoms with Crippen molar-refractivity contribution in [2.45, 2.75) is 25.7 Å². The Bertz CT molecular complexity index is 694. The van der Waals surface area contributed by atoms with E-state index in [9.17, 15) is 4.79 Å². The predicted molar refractivity (Wildman–Crippen MR) is 81.6 cm³/mol. The van der Waals surface area contributed by atoms with Crippen molar-refractivity contribution in [3.05, 3.63) is 26.6 Å². The number of halogens is 2. The lowest BCUT2D eigenvalue weighted by Crippen LogP contribution is -2.09. The Morgan fingerprint density at radius 2 is 2.05 bits per heavy atom. The molecule has 106 valence electrons. The molecule has 3 nitrogen and oxygen atoms in total. The van der Waals surface area contributed by atoms with Crippen molar-refractivity contribution in [3.8, 4) is 5.75 Å². The minimum Gasteiger partial charge on any atom is -0.480 e. The lowest BCUT2D eigenvalue weighted by Gasteiger charge is -2.11. The molecule has 1 aromatic heterocycles. The van der Waals surface area contributed by atoms with Crippen molar-refractivity contribution in [2.24, 2.45) is 0 Å². The first kappa shape index (κ1) is 14.0. The molecule has 3 rings (SSSR count). The molecule has 20 heavy (non-hydrogen) atoms. The lowest BCUT2D eigenvalue weighted by molar-refractivity contribution is -0.139. The van der Waals surface area contributed by atoms with Crippen LogP contribution in [0.3, 0.4) is 0 Å². The fourth-order valence-corrected chi connectivity index (χ4v) is 4.43. The molecule has 1 heterocycles. The van der Waals surface area contributed by atoms with Gasteiger partial charge in [0.05, 0.1) is 9.72 Å². The summed E-state index contributed by atoms with van der Waals surface area (Å²) in [6, 6.07) is 1.83. The van der Waals surface area contributed by atoms with Gasteiger partial charge in [0.15, 0.2) is 6.61 Å². The topological polar surface area (TPSA) is 46.5 Å². The zero-order valence-corrected chi connectivity index (χ0v) is 12.9. The van der Waals surface area contributed by atoms with E-state index in [1.54, 1.807) is 11.3 Å². The smallest absolute Gasteiger partial charge is 0.341 e. The van der Waals surface area contributed by atoms with Crippen LogP contribution >= 0.6 is 34.5 Å². The van der Waals surface area contributed by atoms with E-state index in [0.717, 1.165) is 22.9 Å². The van der Waals surface area contributed by atoms with Gasteiger partial charge in [-0.3, -0.25) is 0 Å². The Kier molecular flexibility index (Phi) is 3.80. The molecule has 0 saturated carbocycles. The minimum atomic E-state index is -1.04. The number of carboxylic acid groups (broad SMARTS) is 1. The molecule has 1 N–H and O–H groups in total. The van der Waals surface area contributed by atoms with E-state index in [0.29, 0.717) is 15.8 Å². The average molecular weight is 331 g/mol. The molecular formula is C14H12Cl2O3S. The van der Waals surface area contributed by atoms with Crippen molar-refractivity contribution >= 4 is 50.6 Å². The Labute approximate surface area is 130 Å². The number of aliphatic carboxylic acids is 1. The molecule has 1 aromatic carbocycles. The van der Waals surface area contributed by atoms with E-state index in [-0.39, 0.29) is 0 Å². The van der Waals surface area contributed by atoms with Gasteiger partial charge in [0.2, 0.25) is 0 Å². The van der Waals surface area contributed by atoms with Crippen LogP contribution in [0.25, 0.3) is 10.1 Å². The summed E-state index contributed by atoms with van der Waals surface area (Å²) < 4.78 is 6.21. The summed E-state index contributed by atoms with van der Waals surface area (Å²) in [6.45, 7) is -0.423. The Morgan fingerprint density at radius 3 is 2.80 bits per heavy atom. The molecule has 0 atom stereocenters. The van der Waals surface area contributed by atoms with Gasteiger partial charge in [-0.1, -0.05) is 23.2 Å². The normalized spacial score (nSPS) is 14.3. The number of carbonyl (C=O) groups is 1. The molecule has 0 radical (unpaired) electrons. The van der Waals surface area contributed by atoms with Gasteiger partial charge in [-0.15, -0.1) is 11.3 Å². The summed E-state index contributed by atoms with van der Waals surface area (Å²) in [7, 11) is 0. The van der Waals surface area contributed by atoms with Gasteiger partial charge >= 0.3 is 5.97 Å². The maximum atomic E-state index is 10.6. The predicted octanol–water partition coefficient (Wildman–Crippen LogP) is 4.55. The highest BCUT2D eigenvalue weighted by Crippen LogP contribution is 2.46. The molecule has 0 unspecified atom stereocenters. The maximum absolute atomic E-state index is 10.6. The number of thiophene rings is 1. The number of carboxylic acids is 1. The highest BCUT2D eigenvalue weighted by atomic mass is 35.5. The van der Waals surface area contributed by atoms with Crippen LogP contribution in [-0.4, -0.2) is 17.7 Å². The largest absolute Gasteiger partial charge is 0.480 e. The zero-order valence-electron chi connectivity index (χ0n) is 10.5. The van der Waals surface area contributed by atoms with Crippen LogP contribution in [0, 0.1) is 0 Å². The SMILES string of the molecule is O=C(O)COc1cc2c3c(sc2c(Cl)c1Cl)CCCC3. The Balaban J connectivity index is 2.13. The van der Waals surface area contributed by atoms with Crippen LogP contribution in [-0.2, 0) is 17.6 Å². The van der Waals surface area contributed by atoms with Crippen molar-refractivity contribution in [2.75, 3.05) is 6.61 Å². The van der Waals surface area contributed by atoms with Crippen LogP contribution in [0.1, 0.15) is 23.3 Å². The molecule has 0 bridgehead atoms. The molecule has 0 spiro atoms. The Hall–Kier alpha value is -0.970. The van der Waals surface area contributed by atoms with Crippen LogP contribution < -0.4 is 4.74 Å². The molecule has 0 fully saturated rings. The molecule has 0 aliphatic heterocycles. The molecule has 1 aliphatic rings. The monoisotopic (exact) mass is 330 g/mol. The molecule has 2 aromatic rings. The van der Waals surface area contributed by atoms with Gasteiger partial charge in [-0.2, -0.15) is 0 Å². The van der Waals surface area contributed by atoms with Crippen molar-refractivity contribution in [1.29, 1.82) is 0 Å². The van der Waals surface area contributed by atoms with Gasteiger partial charge in [0.1, 0.15) is 10.8 Å². The van der Waals surface area contributed by atoms with Crippen LogP contribution in [0.15, 0.2) is 6.07 Å². The highest BCUT2D eigenvalue weighted by molar-refractivity contribution is 7.20. The average Bonchev–Trinajstić information content (AvgIpc) is 2.80. The molecule has 0 amide bonds. The third kappa shape index (κ3) is 2.36. The highest BCUT2D eigenvalue weighted by Gasteiger charge is 2.21. The number of aryl methyl sites for hydroxylation is 2. The van der Waals surface area contributed by atoms with Crippen molar-refractivity contribution < 1.29 is 14.6 Å². The number of fused-ring (bicyclic) bond motifs is 3. The molecule has 0 saturated heterocycles. The summed E-state index contributed by atoms with van der Waals surface area (Å²) >= 11 is 14.2. The Morgan fingerprint density at radius 1 is 1.30 bits per heavy atom. The van der Waals surface area contributed by atoms with Gasteiger partial charge in [0, 0.05) is 10.3 Å². The van der Waals surface area contributed by atoms with E-state index in [2.05, 4.69) is 0 Å². The van der Waals surface area contributed by atoms with Gasteiger partial charge < -0.3 is 9.84 Å². The van der Waals surface area contributed by atoms with Crippen LogP contribution in [0.5, 0.6) is 5.75 Å². The second-order valence-electron chi connectivity index (χ2n) is 4.77. The second kappa shape index (κ2) is 5.43. The minimum absolute atomic E-state index is 0.291. The van der Waals surface area contributed by atoms with E-state index in [4.69, 9.17) is 33.0 Å². The second-order valence-corrected chi connectivity index (χ2v) is 6.63. The van der Waals surface area contributed by atoms with Gasteiger partial charge in [-0.25, -0.2) is 4.79 Å². The summed E-state index contributed by atoms with van der Waals surface area (Å²) in [6.07, 6.45) is 4.48. The fraction of sp³-hybridized carbons (Fsp3) is 0.357. The first-order valence-corrected chi connectivity index (χ1v) is 7.92. The van der Waals surface area contributed by atoms with E-state index in [1.807, 2.05) is 6.07 Å². The number of hydrogen-bond donors (Lipinski definition) is 1.